The van der Waals surface area contributed by atoms with Gasteiger partial charge in [-0.1, -0.05) is 32.1 Å². The Bertz CT molecular complexity index is 713. The third-order valence-electron chi connectivity index (χ3n) is 2.76. The molecule has 0 spiro atoms. The molecule has 0 amide bonds. The van der Waals surface area contributed by atoms with Gasteiger partial charge >= 0.3 is 6.36 Å². The van der Waals surface area contributed by atoms with Crippen LogP contribution in [-0.2, 0) is 6.54 Å². The largest absolute Gasteiger partial charge is 0.573 e. The molecule has 0 radical (unpaired) electrons. The molecule has 1 aromatic heterocycles. The molecule has 1 heterocycles. The first kappa shape index (κ1) is 17.2. The number of thiazole rings is 1. The minimum atomic E-state index is -4.70. The first-order chi connectivity index (χ1) is 10.1. The fourth-order valence-electron chi connectivity index (χ4n) is 1.93. The lowest BCUT2D eigenvalue weighted by Gasteiger charge is -2.17. The average Bonchev–Trinajstić information content (AvgIpc) is 2.61. The number of halogens is 3. The second-order valence-corrected chi connectivity index (χ2v) is 8.65. The van der Waals surface area contributed by atoms with Crippen LogP contribution >= 0.6 is 23.1 Å². The van der Waals surface area contributed by atoms with Crippen molar-refractivity contribution < 1.29 is 17.9 Å². The van der Waals surface area contributed by atoms with Crippen LogP contribution in [0.25, 0.3) is 10.2 Å². The van der Waals surface area contributed by atoms with E-state index in [-0.39, 0.29) is 10.5 Å². The van der Waals surface area contributed by atoms with Gasteiger partial charge in [-0.05, 0) is 18.2 Å². The molecule has 122 valence electrons. The fourth-order valence-corrected chi connectivity index (χ4v) is 3.78. The summed E-state index contributed by atoms with van der Waals surface area (Å²) in [6, 6.07) is 4.20. The normalized spacial score (nSPS) is 12.8. The van der Waals surface area contributed by atoms with E-state index >= 15 is 0 Å². The SMILES string of the molecule is CC(C)(C)SCCn1c(=N)sc2cc(OC(F)(F)F)ccc21. The molecular formula is C14H17F3N2OS2. The molecule has 1 N–H and O–H groups in total. The van der Waals surface area contributed by atoms with Crippen molar-refractivity contribution in [3.63, 3.8) is 0 Å². The van der Waals surface area contributed by atoms with Gasteiger partial charge in [0.05, 0.1) is 10.2 Å². The molecule has 0 saturated heterocycles. The molecule has 0 atom stereocenters. The first-order valence-corrected chi connectivity index (χ1v) is 8.43. The molecule has 2 rings (SSSR count). The van der Waals surface area contributed by atoms with Crippen LogP contribution in [0.15, 0.2) is 18.2 Å². The van der Waals surface area contributed by atoms with E-state index in [0.717, 1.165) is 22.6 Å². The zero-order valence-electron chi connectivity index (χ0n) is 12.5. The topological polar surface area (TPSA) is 38.0 Å². The van der Waals surface area contributed by atoms with Crippen LogP contribution in [0.2, 0.25) is 0 Å². The Kier molecular flexibility index (Phi) is 4.81. The number of ether oxygens (including phenoxy) is 1. The van der Waals surface area contributed by atoms with Crippen molar-refractivity contribution in [2.45, 2.75) is 38.4 Å². The van der Waals surface area contributed by atoms with Crippen molar-refractivity contribution in [1.82, 2.24) is 4.57 Å². The van der Waals surface area contributed by atoms with Gasteiger partial charge in [0.1, 0.15) is 5.75 Å². The summed E-state index contributed by atoms with van der Waals surface area (Å²) in [6.07, 6.45) is -4.70. The maximum Gasteiger partial charge on any atom is 0.573 e. The van der Waals surface area contributed by atoms with Gasteiger partial charge < -0.3 is 9.30 Å². The lowest BCUT2D eigenvalue weighted by molar-refractivity contribution is -0.274. The number of nitrogens with zero attached hydrogens (tertiary/aromatic N) is 1. The lowest BCUT2D eigenvalue weighted by Crippen LogP contribution is -2.17. The number of aromatic nitrogens is 1. The van der Waals surface area contributed by atoms with Gasteiger partial charge in [0.25, 0.3) is 0 Å². The molecule has 0 aliphatic carbocycles. The van der Waals surface area contributed by atoms with Gasteiger partial charge in [-0.3, -0.25) is 5.41 Å². The number of thioether (sulfide) groups is 1. The third-order valence-corrected chi connectivity index (χ3v) is 4.97. The summed E-state index contributed by atoms with van der Waals surface area (Å²) >= 11 is 2.94. The van der Waals surface area contributed by atoms with Crippen molar-refractivity contribution >= 4 is 33.3 Å². The van der Waals surface area contributed by atoms with E-state index in [2.05, 4.69) is 25.5 Å². The van der Waals surface area contributed by atoms with E-state index in [9.17, 15) is 13.2 Å². The number of fused-ring (bicyclic) bond motifs is 1. The third kappa shape index (κ3) is 4.67. The van der Waals surface area contributed by atoms with Gasteiger partial charge in [0.15, 0.2) is 4.80 Å². The van der Waals surface area contributed by atoms with Gasteiger partial charge in [-0.2, -0.15) is 11.8 Å². The van der Waals surface area contributed by atoms with E-state index in [0.29, 0.717) is 16.0 Å². The van der Waals surface area contributed by atoms with Gasteiger partial charge in [0.2, 0.25) is 0 Å². The Morgan fingerprint density at radius 3 is 2.55 bits per heavy atom. The summed E-state index contributed by atoms with van der Waals surface area (Å²) in [4.78, 5) is 0.327. The van der Waals surface area contributed by atoms with E-state index in [1.807, 2.05) is 4.57 Å². The molecule has 0 saturated carbocycles. The number of nitrogens with one attached hydrogen (secondary N) is 1. The van der Waals surface area contributed by atoms with E-state index in [4.69, 9.17) is 5.41 Å². The standard InChI is InChI=1S/C14H17F3N2OS2/c1-13(2,3)21-7-6-19-10-5-4-9(20-14(15,16)17)8-11(10)22-12(19)18/h4-5,8,18H,6-7H2,1-3H3. The number of hydrogen-bond donors (Lipinski definition) is 1. The monoisotopic (exact) mass is 350 g/mol. The second-order valence-electron chi connectivity index (χ2n) is 5.70. The Balaban J connectivity index is 2.22. The zero-order chi connectivity index (χ0) is 16.5. The molecular weight excluding hydrogens is 333 g/mol. The van der Waals surface area contributed by atoms with Crippen LogP contribution in [0.5, 0.6) is 5.75 Å². The Labute approximate surface area is 134 Å². The van der Waals surface area contributed by atoms with Crippen LogP contribution in [0.3, 0.4) is 0 Å². The second kappa shape index (κ2) is 6.16. The summed E-state index contributed by atoms with van der Waals surface area (Å²) in [5.74, 6) is 0.588. The lowest BCUT2D eigenvalue weighted by atomic mass is 10.3. The highest BCUT2D eigenvalue weighted by atomic mass is 32.2. The predicted octanol–water partition coefficient (Wildman–Crippen LogP) is 4.61. The minimum Gasteiger partial charge on any atom is -0.406 e. The van der Waals surface area contributed by atoms with Crippen LogP contribution in [0.4, 0.5) is 13.2 Å². The molecule has 0 bridgehead atoms. The molecule has 0 aliphatic heterocycles. The Hall–Kier alpha value is -1.15. The molecule has 0 fully saturated rings. The van der Waals surface area contributed by atoms with Crippen molar-refractivity contribution in [2.24, 2.45) is 0 Å². The zero-order valence-corrected chi connectivity index (χ0v) is 14.1. The summed E-state index contributed by atoms with van der Waals surface area (Å²) < 4.78 is 43.2. The Morgan fingerprint density at radius 1 is 1.27 bits per heavy atom. The van der Waals surface area contributed by atoms with Gasteiger partial charge in [-0.15, -0.1) is 13.2 Å². The first-order valence-electron chi connectivity index (χ1n) is 6.63. The van der Waals surface area contributed by atoms with E-state index in [1.54, 1.807) is 17.8 Å². The fraction of sp³-hybridized carbons (Fsp3) is 0.500. The highest BCUT2D eigenvalue weighted by molar-refractivity contribution is 8.00. The summed E-state index contributed by atoms with van der Waals surface area (Å²) in [7, 11) is 0. The minimum absolute atomic E-state index is 0.141. The van der Waals surface area contributed by atoms with Crippen molar-refractivity contribution in [2.75, 3.05) is 5.75 Å². The molecule has 3 nitrogen and oxygen atoms in total. The van der Waals surface area contributed by atoms with Crippen molar-refractivity contribution in [1.29, 1.82) is 5.41 Å². The molecule has 8 heteroatoms. The summed E-state index contributed by atoms with van der Waals surface area (Å²) in [5, 5.41) is 7.99. The van der Waals surface area contributed by atoms with Gasteiger partial charge in [-0.25, -0.2) is 0 Å². The number of aryl methyl sites for hydroxylation is 1. The molecule has 0 unspecified atom stereocenters. The average molecular weight is 350 g/mol. The highest BCUT2D eigenvalue weighted by Crippen LogP contribution is 2.28. The smallest absolute Gasteiger partial charge is 0.406 e. The number of alkyl halides is 3. The van der Waals surface area contributed by atoms with E-state index < -0.39 is 6.36 Å². The molecule has 0 aliphatic rings. The highest BCUT2D eigenvalue weighted by Gasteiger charge is 2.31. The van der Waals surface area contributed by atoms with Gasteiger partial charge in [0, 0.05) is 17.0 Å². The van der Waals surface area contributed by atoms with Crippen LogP contribution in [0.1, 0.15) is 20.8 Å². The number of benzene rings is 1. The predicted molar refractivity (Wildman–Crippen MR) is 84.6 cm³/mol. The quantitative estimate of drug-likeness (QED) is 0.874. The van der Waals surface area contributed by atoms with Crippen LogP contribution < -0.4 is 9.54 Å². The van der Waals surface area contributed by atoms with Crippen molar-refractivity contribution in [3.8, 4) is 5.75 Å². The molecule has 22 heavy (non-hydrogen) atoms. The summed E-state index contributed by atoms with van der Waals surface area (Å²) in [6.45, 7) is 7.02. The van der Waals surface area contributed by atoms with Crippen LogP contribution in [-0.4, -0.2) is 21.4 Å². The number of rotatable bonds is 4. The Morgan fingerprint density at radius 2 is 1.95 bits per heavy atom. The molecule has 1 aromatic carbocycles. The number of hydrogen-bond acceptors (Lipinski definition) is 4. The maximum atomic E-state index is 12.2. The van der Waals surface area contributed by atoms with Crippen molar-refractivity contribution in [3.05, 3.63) is 23.0 Å². The maximum absolute atomic E-state index is 12.2. The molecule has 2 aromatic rings. The van der Waals surface area contributed by atoms with Crippen LogP contribution in [0, 0.1) is 5.41 Å². The van der Waals surface area contributed by atoms with E-state index in [1.165, 1.54) is 12.1 Å². The summed E-state index contributed by atoms with van der Waals surface area (Å²) in [5.41, 5.74) is 0.763.